The number of nitrogens with one attached hydrogen (secondary N) is 1. The third kappa shape index (κ3) is 13.8. The maximum absolute atomic E-state index is 13.0. The van der Waals surface area contributed by atoms with Gasteiger partial charge in [0.05, 0.1) is 22.6 Å². The van der Waals surface area contributed by atoms with Gasteiger partial charge in [0.15, 0.2) is 0 Å². The Morgan fingerprint density at radius 1 is 0.714 bits per heavy atom. The van der Waals surface area contributed by atoms with Gasteiger partial charge in [-0.15, -0.1) is 22.7 Å². The van der Waals surface area contributed by atoms with Crippen molar-refractivity contribution >= 4 is 114 Å². The van der Waals surface area contributed by atoms with E-state index >= 15 is 0 Å². The topological polar surface area (TPSA) is 83.6 Å². The average Bonchev–Trinajstić information content (AvgIpc) is 3.64. The molecule has 6 nitrogen and oxygen atoms in total. The molecule has 0 fully saturated rings. The van der Waals surface area contributed by atoms with E-state index in [1.165, 1.54) is 35.6 Å². The Hall–Kier alpha value is -2.13. The van der Waals surface area contributed by atoms with Crippen LogP contribution in [0.2, 0.25) is 0 Å². The minimum absolute atomic E-state index is 0.0233. The summed E-state index contributed by atoms with van der Waals surface area (Å²) in [5, 5.41) is 6.53. The van der Waals surface area contributed by atoms with E-state index in [1.807, 2.05) is 59.3 Å². The van der Waals surface area contributed by atoms with Gasteiger partial charge in [-0.2, -0.15) is 0 Å². The lowest BCUT2D eigenvalue weighted by Crippen LogP contribution is -2.36. The summed E-state index contributed by atoms with van der Waals surface area (Å²) in [7, 11) is 0. The number of carbonyl (C=O) groups is 4. The zero-order valence-corrected chi connectivity index (χ0v) is 35.9. The highest BCUT2D eigenvalue weighted by Crippen LogP contribution is 2.34. The van der Waals surface area contributed by atoms with Gasteiger partial charge in [-0.05, 0) is 139 Å². The second kappa shape index (κ2) is 21.3. The molecule has 264 valence electrons. The van der Waals surface area contributed by atoms with Crippen LogP contribution in [-0.2, 0) is 9.59 Å². The highest BCUT2D eigenvalue weighted by molar-refractivity contribution is 14.1. The summed E-state index contributed by atoms with van der Waals surface area (Å²) in [5.41, 5.74) is 5.22. The molecular formula is C38H45ClI2N2O4S2. The fourth-order valence-electron chi connectivity index (χ4n) is 5.45. The molecule has 3 amide bonds. The quantitative estimate of drug-likeness (QED) is 0.127. The molecular weight excluding hydrogens is 902 g/mol. The smallest absolute Gasteiger partial charge is 0.266 e. The summed E-state index contributed by atoms with van der Waals surface area (Å²) in [6, 6.07) is 19.5. The molecule has 2 heterocycles. The average molecular weight is 947 g/mol. The highest BCUT2D eigenvalue weighted by Gasteiger charge is 2.27. The van der Waals surface area contributed by atoms with Crippen LogP contribution >= 0.6 is 79.5 Å². The molecule has 2 unspecified atom stereocenters. The van der Waals surface area contributed by atoms with E-state index < -0.39 is 0 Å². The molecule has 11 heteroatoms. The number of hydrogen-bond donors (Lipinski definition) is 1. The Kier molecular flexibility index (Phi) is 18.7. The first-order valence-electron chi connectivity index (χ1n) is 16.0. The molecule has 2 aromatic carbocycles. The molecule has 2 aromatic heterocycles. The first-order chi connectivity index (χ1) is 23.0. The van der Waals surface area contributed by atoms with Gasteiger partial charge in [0.25, 0.3) is 11.8 Å². The van der Waals surface area contributed by atoms with Crippen LogP contribution in [0.1, 0.15) is 112 Å². The van der Waals surface area contributed by atoms with Crippen molar-refractivity contribution in [1.29, 1.82) is 0 Å². The van der Waals surface area contributed by atoms with Gasteiger partial charge in [-0.1, -0.05) is 77.9 Å². The van der Waals surface area contributed by atoms with Crippen molar-refractivity contribution in [3.63, 3.8) is 0 Å². The second-order valence-electron chi connectivity index (χ2n) is 12.5. The number of nitrogens with zero attached hydrogens (tertiary/aromatic N) is 1. The van der Waals surface area contributed by atoms with E-state index in [0.717, 1.165) is 35.4 Å². The minimum Gasteiger partial charge on any atom is -0.322 e. The van der Waals surface area contributed by atoms with Crippen molar-refractivity contribution in [3.8, 4) is 0 Å². The van der Waals surface area contributed by atoms with Gasteiger partial charge < -0.3 is 5.32 Å². The first kappa shape index (κ1) is 43.0. The van der Waals surface area contributed by atoms with Gasteiger partial charge in [-0.3, -0.25) is 19.2 Å². The monoisotopic (exact) mass is 946 g/mol. The largest absolute Gasteiger partial charge is 0.322 e. The van der Waals surface area contributed by atoms with Crippen LogP contribution in [0.4, 0.5) is 11.4 Å². The van der Waals surface area contributed by atoms with Crippen molar-refractivity contribution in [2.24, 2.45) is 11.8 Å². The Morgan fingerprint density at radius 3 is 1.63 bits per heavy atom. The molecule has 0 radical (unpaired) electrons. The molecule has 0 aliphatic carbocycles. The summed E-state index contributed by atoms with van der Waals surface area (Å²) in [5.74, 6) is 1.36. The molecule has 0 spiro atoms. The van der Waals surface area contributed by atoms with E-state index in [-0.39, 0.29) is 28.9 Å². The van der Waals surface area contributed by atoms with Gasteiger partial charge in [0.2, 0.25) is 11.1 Å². The summed E-state index contributed by atoms with van der Waals surface area (Å²) in [6.07, 6.45) is 2.12. The summed E-state index contributed by atoms with van der Waals surface area (Å²) in [4.78, 5) is 48.2. The fraction of sp³-hybridized carbons (Fsp3) is 0.368. The van der Waals surface area contributed by atoms with E-state index in [1.54, 1.807) is 17.4 Å². The van der Waals surface area contributed by atoms with Crippen LogP contribution in [0.25, 0.3) is 0 Å². The minimum atomic E-state index is -0.361. The number of halogens is 3. The van der Waals surface area contributed by atoms with Crippen molar-refractivity contribution in [1.82, 2.24) is 0 Å². The van der Waals surface area contributed by atoms with Crippen LogP contribution in [0, 0.1) is 17.6 Å². The van der Waals surface area contributed by atoms with Gasteiger partial charge in [-0.25, -0.2) is 4.90 Å². The van der Waals surface area contributed by atoms with E-state index in [9.17, 15) is 19.2 Å². The Morgan fingerprint density at radius 2 is 1.16 bits per heavy atom. The summed E-state index contributed by atoms with van der Waals surface area (Å²) >= 11 is 12.1. The summed E-state index contributed by atoms with van der Waals surface area (Å²) in [6.45, 7) is 15.9. The Bertz CT molecular complexity index is 1700. The number of carbonyl (C=O) groups excluding carboxylic acids is 4. The molecule has 1 N–H and O–H groups in total. The second-order valence-corrected chi connectivity index (χ2v) is 18.5. The lowest BCUT2D eigenvalue weighted by molar-refractivity contribution is -0.116. The first-order valence-corrected chi connectivity index (χ1v) is 20.3. The molecule has 0 saturated carbocycles. The molecule has 4 rings (SSSR count). The standard InChI is InChI=1S/C19H22INO2S.C17H20INOS.C2H3ClO/c1-12(2)11-13(3)15-7-5-6-8-17(15)21(14(4)22)19(23)16-9-10-24-18(16)20;1-11(2)10-12(3)13-6-4-5-7-15(13)19-17(20)14-8-9-21-16(14)18;1-2(3)4/h5-10,12-13H,11H2,1-4H3;4-9,11-12H,10H2,1-3H3,(H,19,20);1H3. The van der Waals surface area contributed by atoms with Crippen molar-refractivity contribution in [2.45, 2.75) is 80.1 Å². The maximum atomic E-state index is 13.0. The maximum Gasteiger partial charge on any atom is 0.266 e. The number of benzene rings is 2. The van der Waals surface area contributed by atoms with Crippen molar-refractivity contribution in [3.05, 3.63) is 99.4 Å². The zero-order chi connectivity index (χ0) is 36.8. The van der Waals surface area contributed by atoms with Crippen LogP contribution in [-0.4, -0.2) is 23.0 Å². The fourth-order valence-corrected chi connectivity index (χ4v) is 8.38. The molecule has 0 bridgehead atoms. The van der Waals surface area contributed by atoms with Gasteiger partial charge in [0, 0.05) is 19.5 Å². The van der Waals surface area contributed by atoms with Crippen molar-refractivity contribution < 1.29 is 19.2 Å². The van der Waals surface area contributed by atoms with E-state index in [0.29, 0.717) is 29.0 Å². The van der Waals surface area contributed by atoms with Gasteiger partial charge >= 0.3 is 0 Å². The van der Waals surface area contributed by atoms with Gasteiger partial charge in [0.1, 0.15) is 0 Å². The van der Waals surface area contributed by atoms with Crippen LogP contribution in [0.5, 0.6) is 0 Å². The number of imide groups is 1. The zero-order valence-electron chi connectivity index (χ0n) is 29.2. The van der Waals surface area contributed by atoms with E-state index in [2.05, 4.69) is 110 Å². The molecule has 0 aliphatic rings. The number of para-hydroxylation sites is 2. The lowest BCUT2D eigenvalue weighted by Gasteiger charge is -2.25. The molecule has 0 aliphatic heterocycles. The predicted molar refractivity (Wildman–Crippen MR) is 225 cm³/mol. The lowest BCUT2D eigenvalue weighted by atomic mass is 9.90. The Balaban J connectivity index is 0.000000309. The Labute approximate surface area is 331 Å². The van der Waals surface area contributed by atoms with Crippen LogP contribution in [0.15, 0.2) is 71.4 Å². The normalized spacial score (nSPS) is 11.9. The third-order valence-electron chi connectivity index (χ3n) is 7.33. The van der Waals surface area contributed by atoms with Crippen LogP contribution < -0.4 is 10.2 Å². The number of thiophene rings is 2. The number of rotatable bonds is 10. The summed E-state index contributed by atoms with van der Waals surface area (Å²) < 4.78 is 1.93. The van der Waals surface area contributed by atoms with E-state index in [4.69, 9.17) is 0 Å². The molecule has 0 saturated heterocycles. The van der Waals surface area contributed by atoms with Crippen molar-refractivity contribution in [2.75, 3.05) is 10.2 Å². The van der Waals surface area contributed by atoms with Crippen LogP contribution in [0.3, 0.4) is 0 Å². The molecule has 2 atom stereocenters. The highest BCUT2D eigenvalue weighted by atomic mass is 127. The number of amides is 3. The molecule has 49 heavy (non-hydrogen) atoms. The SMILES string of the molecule is CC(=O)Cl.CC(=O)N(C(=O)c1ccsc1I)c1ccccc1C(C)CC(C)C.CC(C)CC(C)c1ccccc1NC(=O)c1ccsc1I. The molecule has 4 aromatic rings. The predicted octanol–water partition coefficient (Wildman–Crippen LogP) is 12.2. The third-order valence-corrected chi connectivity index (χ3v) is 11.4. The number of hydrogen-bond acceptors (Lipinski definition) is 6. The number of anilines is 2.